The molecule has 1 rings (SSSR count). The predicted molar refractivity (Wildman–Crippen MR) is 85.2 cm³/mol. The molecule has 0 atom stereocenters. The maximum Gasteiger partial charge on any atom is 0.301 e. The van der Waals surface area contributed by atoms with Gasteiger partial charge in [-0.25, -0.2) is 0 Å². The van der Waals surface area contributed by atoms with E-state index in [1.54, 1.807) is 6.21 Å². The van der Waals surface area contributed by atoms with E-state index in [-0.39, 0.29) is 17.1 Å². The molecule has 0 amide bonds. The molecule has 0 aliphatic carbocycles. The van der Waals surface area contributed by atoms with Crippen molar-refractivity contribution in [3.63, 3.8) is 0 Å². The summed E-state index contributed by atoms with van der Waals surface area (Å²) in [4.78, 5) is 20.2. The Balaban J connectivity index is 2.54. The molecule has 0 saturated heterocycles. The highest BCUT2D eigenvalue weighted by atomic mass is 16.6. The van der Waals surface area contributed by atoms with E-state index in [1.165, 1.54) is 31.4 Å². The van der Waals surface area contributed by atoms with E-state index < -0.39 is 9.85 Å². The molecule has 0 fully saturated rings. The van der Waals surface area contributed by atoms with E-state index >= 15 is 0 Å². The number of benzene rings is 1. The van der Waals surface area contributed by atoms with Gasteiger partial charge in [-0.3, -0.25) is 25.7 Å². The Morgan fingerprint density at radius 1 is 1.14 bits per heavy atom. The number of nitro benzene ring substituents is 2. The fourth-order valence-corrected chi connectivity index (χ4v) is 1.90. The van der Waals surface area contributed by atoms with Gasteiger partial charge in [-0.15, -0.1) is 0 Å². The van der Waals surface area contributed by atoms with Crippen molar-refractivity contribution < 1.29 is 9.85 Å². The van der Waals surface area contributed by atoms with Crippen LogP contribution >= 0.6 is 0 Å². The summed E-state index contributed by atoms with van der Waals surface area (Å²) in [5.74, 6) is 0. The average Bonchev–Trinajstić information content (AvgIpc) is 2.49. The third-order valence-electron chi connectivity index (χ3n) is 3.10. The van der Waals surface area contributed by atoms with Crippen LogP contribution in [0.2, 0.25) is 0 Å². The average molecular weight is 308 g/mol. The predicted octanol–water partition coefficient (Wildman–Crippen LogP) is 4.26. The third kappa shape index (κ3) is 5.86. The lowest BCUT2D eigenvalue weighted by Crippen LogP contribution is -1.98. The molecule has 1 N–H and O–H groups in total. The third-order valence-corrected chi connectivity index (χ3v) is 3.10. The Hall–Kier alpha value is -2.51. The first-order valence-electron chi connectivity index (χ1n) is 7.26. The summed E-state index contributed by atoms with van der Waals surface area (Å²) in [6.07, 6.45) is 8.23. The van der Waals surface area contributed by atoms with Crippen molar-refractivity contribution in [3.05, 3.63) is 38.4 Å². The Labute approximate surface area is 128 Å². The van der Waals surface area contributed by atoms with Gasteiger partial charge in [0.25, 0.3) is 5.69 Å². The van der Waals surface area contributed by atoms with Crippen LogP contribution in [0.25, 0.3) is 0 Å². The number of nitro groups is 2. The minimum atomic E-state index is -0.671. The topological polar surface area (TPSA) is 111 Å². The Morgan fingerprint density at radius 2 is 1.86 bits per heavy atom. The van der Waals surface area contributed by atoms with Gasteiger partial charge in [-0.05, 0) is 18.9 Å². The number of hydrogen-bond acceptors (Lipinski definition) is 6. The van der Waals surface area contributed by atoms with E-state index in [1.807, 2.05) is 0 Å². The number of unbranched alkanes of at least 4 members (excludes halogenated alkanes) is 5. The van der Waals surface area contributed by atoms with Gasteiger partial charge in [0, 0.05) is 12.3 Å². The number of non-ortho nitro benzene ring substituents is 1. The largest absolute Gasteiger partial charge is 0.301 e. The smallest absolute Gasteiger partial charge is 0.272 e. The van der Waals surface area contributed by atoms with Crippen LogP contribution in [0.4, 0.5) is 17.1 Å². The van der Waals surface area contributed by atoms with Crippen molar-refractivity contribution in [2.75, 3.05) is 5.43 Å². The fourth-order valence-electron chi connectivity index (χ4n) is 1.90. The van der Waals surface area contributed by atoms with Gasteiger partial charge in [0.05, 0.1) is 15.9 Å². The normalized spacial score (nSPS) is 10.8. The van der Waals surface area contributed by atoms with Crippen LogP contribution in [0.5, 0.6) is 0 Å². The van der Waals surface area contributed by atoms with Crippen molar-refractivity contribution in [3.8, 4) is 0 Å². The van der Waals surface area contributed by atoms with Gasteiger partial charge in [0.2, 0.25) is 0 Å². The van der Waals surface area contributed by atoms with Gasteiger partial charge in [0.15, 0.2) is 0 Å². The number of nitrogens with one attached hydrogen (secondary N) is 1. The monoisotopic (exact) mass is 308 g/mol. The minimum Gasteiger partial charge on any atom is -0.272 e. The highest BCUT2D eigenvalue weighted by molar-refractivity contribution is 5.67. The van der Waals surface area contributed by atoms with E-state index in [0.29, 0.717) is 0 Å². The maximum absolute atomic E-state index is 10.9. The van der Waals surface area contributed by atoms with Gasteiger partial charge in [-0.2, -0.15) is 5.10 Å². The quantitative estimate of drug-likeness (QED) is 0.300. The highest BCUT2D eigenvalue weighted by Gasteiger charge is 2.18. The minimum absolute atomic E-state index is 0.137. The number of rotatable bonds is 10. The molecule has 120 valence electrons. The molecule has 0 aromatic heterocycles. The molecule has 0 unspecified atom stereocenters. The van der Waals surface area contributed by atoms with Gasteiger partial charge in [-0.1, -0.05) is 32.6 Å². The molecule has 0 heterocycles. The van der Waals surface area contributed by atoms with Crippen LogP contribution in [0, 0.1) is 20.2 Å². The second-order valence-electron chi connectivity index (χ2n) is 4.84. The van der Waals surface area contributed by atoms with Crippen molar-refractivity contribution in [1.82, 2.24) is 0 Å². The lowest BCUT2D eigenvalue weighted by molar-refractivity contribution is -0.393. The van der Waals surface area contributed by atoms with E-state index in [2.05, 4.69) is 17.5 Å². The lowest BCUT2D eigenvalue weighted by atomic mass is 10.1. The molecule has 22 heavy (non-hydrogen) atoms. The number of nitrogens with zero attached hydrogens (tertiary/aromatic N) is 3. The number of anilines is 1. The van der Waals surface area contributed by atoms with Gasteiger partial charge < -0.3 is 0 Å². The number of hydrogen-bond donors (Lipinski definition) is 1. The number of hydrazone groups is 1. The standard InChI is InChI=1S/C14H20N4O4/c1-2-3-4-5-6-7-10-15-16-13-9-8-12(17(19)20)11-14(13)18(21)22/h8-11,16H,2-7H2,1H3. The fraction of sp³-hybridized carbons (Fsp3) is 0.500. The molecular formula is C14H20N4O4. The Morgan fingerprint density at radius 3 is 2.50 bits per heavy atom. The van der Waals surface area contributed by atoms with Crippen molar-refractivity contribution in [2.24, 2.45) is 5.10 Å². The van der Waals surface area contributed by atoms with Crippen LogP contribution in [-0.2, 0) is 0 Å². The summed E-state index contributed by atoms with van der Waals surface area (Å²) < 4.78 is 0. The van der Waals surface area contributed by atoms with Crippen molar-refractivity contribution >= 4 is 23.3 Å². The molecule has 0 aliphatic rings. The lowest BCUT2D eigenvalue weighted by Gasteiger charge is -2.02. The van der Waals surface area contributed by atoms with Crippen molar-refractivity contribution in [1.29, 1.82) is 0 Å². The maximum atomic E-state index is 10.9. The van der Waals surface area contributed by atoms with Crippen LogP contribution in [0.3, 0.4) is 0 Å². The van der Waals surface area contributed by atoms with Crippen LogP contribution in [0.1, 0.15) is 45.4 Å². The molecule has 0 spiro atoms. The highest BCUT2D eigenvalue weighted by Crippen LogP contribution is 2.28. The molecule has 1 aromatic carbocycles. The summed E-state index contributed by atoms with van der Waals surface area (Å²) >= 11 is 0. The first-order valence-corrected chi connectivity index (χ1v) is 7.26. The molecule has 8 nitrogen and oxygen atoms in total. The molecule has 8 heteroatoms. The second-order valence-corrected chi connectivity index (χ2v) is 4.84. The zero-order valence-electron chi connectivity index (χ0n) is 12.5. The van der Waals surface area contributed by atoms with E-state index in [9.17, 15) is 20.2 Å². The zero-order valence-corrected chi connectivity index (χ0v) is 12.5. The van der Waals surface area contributed by atoms with Crippen LogP contribution in [0.15, 0.2) is 23.3 Å². The van der Waals surface area contributed by atoms with E-state index in [0.717, 1.165) is 25.3 Å². The molecule has 0 aliphatic heterocycles. The van der Waals surface area contributed by atoms with Crippen molar-refractivity contribution in [2.45, 2.75) is 45.4 Å². The van der Waals surface area contributed by atoms with Gasteiger partial charge in [0.1, 0.15) is 5.69 Å². The second kappa shape index (κ2) is 9.43. The molecule has 0 bridgehead atoms. The van der Waals surface area contributed by atoms with Crippen LogP contribution in [-0.4, -0.2) is 16.1 Å². The zero-order chi connectivity index (χ0) is 16.4. The summed E-state index contributed by atoms with van der Waals surface area (Å²) in [5.41, 5.74) is 2.02. The molecule has 0 radical (unpaired) electrons. The summed E-state index contributed by atoms with van der Waals surface area (Å²) in [6.45, 7) is 2.16. The first kappa shape index (κ1) is 17.5. The Kier molecular flexibility index (Phi) is 7.52. The molecule has 0 saturated carbocycles. The van der Waals surface area contributed by atoms with Crippen LogP contribution < -0.4 is 5.43 Å². The summed E-state index contributed by atoms with van der Waals surface area (Å²) in [5, 5.41) is 25.5. The van der Waals surface area contributed by atoms with E-state index in [4.69, 9.17) is 0 Å². The summed E-state index contributed by atoms with van der Waals surface area (Å²) in [6, 6.07) is 3.41. The van der Waals surface area contributed by atoms with Gasteiger partial charge >= 0.3 is 5.69 Å². The molecule has 1 aromatic rings. The summed E-state index contributed by atoms with van der Waals surface area (Å²) in [7, 11) is 0. The first-order chi connectivity index (χ1) is 10.6. The Bertz CT molecular complexity index is 546. The SMILES string of the molecule is CCCCCCCC=NNc1ccc([N+](=O)[O-])cc1[N+](=O)[O-]. The molecular weight excluding hydrogens is 288 g/mol.